The number of hydrogen-bond acceptors (Lipinski definition) is 5. The summed E-state index contributed by atoms with van der Waals surface area (Å²) in [4.78, 5) is 39.4. The number of hydrogen-bond donors (Lipinski definition) is 5. The van der Waals surface area contributed by atoms with Gasteiger partial charge < -0.3 is 20.4 Å². The number of carbonyl (C=O) groups excluding carboxylic acids is 3. The summed E-state index contributed by atoms with van der Waals surface area (Å²) in [5, 5.41) is 5.98. The number of hydrazine groups is 1. The predicted molar refractivity (Wildman–Crippen MR) is 111 cm³/mol. The van der Waals surface area contributed by atoms with Gasteiger partial charge in [0.1, 0.15) is 12.6 Å². The Kier molecular flexibility index (Phi) is 7.01. The van der Waals surface area contributed by atoms with Crippen molar-refractivity contribution in [3.63, 3.8) is 0 Å². The molecule has 0 radical (unpaired) electrons. The standard InChI is InChI=1S/C21H23N5O4/c22-26-19(27)12-24-20(28)18(10-15-11-23-17-9-5-4-8-16(15)17)25-21(29)30-13-14-6-2-1-3-7-14/h1-9,11,18,23H,10,12-13,22H2,(H,24,28)(H,25,29)(H,26,27)/t18-/m0/s1. The Morgan fingerprint density at radius 2 is 1.77 bits per heavy atom. The highest BCUT2D eigenvalue weighted by molar-refractivity contribution is 5.90. The number of ether oxygens (including phenoxy) is 1. The fourth-order valence-corrected chi connectivity index (χ4v) is 2.98. The molecule has 9 heteroatoms. The van der Waals surface area contributed by atoms with Crippen molar-refractivity contribution >= 4 is 28.8 Å². The zero-order valence-corrected chi connectivity index (χ0v) is 16.2. The summed E-state index contributed by atoms with van der Waals surface area (Å²) < 4.78 is 5.23. The van der Waals surface area contributed by atoms with E-state index in [-0.39, 0.29) is 19.6 Å². The zero-order chi connectivity index (χ0) is 21.3. The van der Waals surface area contributed by atoms with Crippen molar-refractivity contribution in [1.82, 2.24) is 21.0 Å². The number of rotatable bonds is 8. The van der Waals surface area contributed by atoms with Gasteiger partial charge in [-0.25, -0.2) is 10.6 Å². The number of alkyl carbamates (subject to hydrolysis) is 1. The van der Waals surface area contributed by atoms with E-state index >= 15 is 0 Å². The second-order valence-corrected chi connectivity index (χ2v) is 6.61. The molecule has 0 bridgehead atoms. The molecule has 1 heterocycles. The minimum Gasteiger partial charge on any atom is -0.445 e. The van der Waals surface area contributed by atoms with Crippen molar-refractivity contribution in [3.05, 3.63) is 71.9 Å². The smallest absolute Gasteiger partial charge is 0.408 e. The van der Waals surface area contributed by atoms with E-state index in [9.17, 15) is 14.4 Å². The Labute approximate surface area is 172 Å². The van der Waals surface area contributed by atoms with Gasteiger partial charge in [0.2, 0.25) is 5.91 Å². The molecule has 0 spiro atoms. The Morgan fingerprint density at radius 1 is 1.03 bits per heavy atom. The van der Waals surface area contributed by atoms with Gasteiger partial charge in [0.15, 0.2) is 0 Å². The first kappa shape index (κ1) is 20.9. The van der Waals surface area contributed by atoms with E-state index in [1.165, 1.54) is 0 Å². The molecule has 0 fully saturated rings. The van der Waals surface area contributed by atoms with E-state index in [1.807, 2.05) is 60.0 Å². The Balaban J connectivity index is 1.69. The van der Waals surface area contributed by atoms with E-state index in [2.05, 4.69) is 15.6 Å². The topological polar surface area (TPSA) is 138 Å². The number of aromatic nitrogens is 1. The number of aromatic amines is 1. The largest absolute Gasteiger partial charge is 0.445 e. The minimum atomic E-state index is -0.946. The maximum Gasteiger partial charge on any atom is 0.408 e. The normalized spacial score (nSPS) is 11.5. The third kappa shape index (κ3) is 5.58. The van der Waals surface area contributed by atoms with E-state index in [4.69, 9.17) is 10.6 Å². The number of fused-ring (bicyclic) bond motifs is 1. The first-order valence-electron chi connectivity index (χ1n) is 9.36. The summed E-state index contributed by atoms with van der Waals surface area (Å²) in [6.45, 7) is -0.232. The summed E-state index contributed by atoms with van der Waals surface area (Å²) in [5.74, 6) is 3.96. The summed E-state index contributed by atoms with van der Waals surface area (Å²) >= 11 is 0. The third-order valence-corrected chi connectivity index (χ3v) is 4.50. The fourth-order valence-electron chi connectivity index (χ4n) is 2.98. The molecular formula is C21H23N5O4. The molecule has 0 saturated heterocycles. The molecule has 9 nitrogen and oxygen atoms in total. The van der Waals surface area contributed by atoms with Crippen molar-refractivity contribution in [3.8, 4) is 0 Å². The number of amides is 3. The van der Waals surface area contributed by atoms with Crippen LogP contribution in [0.2, 0.25) is 0 Å². The van der Waals surface area contributed by atoms with Crippen LogP contribution in [-0.4, -0.2) is 35.5 Å². The summed E-state index contributed by atoms with van der Waals surface area (Å²) in [7, 11) is 0. The highest BCUT2D eigenvalue weighted by Gasteiger charge is 2.23. The van der Waals surface area contributed by atoms with Crippen LogP contribution in [0.5, 0.6) is 0 Å². The maximum absolute atomic E-state index is 12.6. The number of carbonyl (C=O) groups is 3. The number of nitrogens with one attached hydrogen (secondary N) is 4. The Hall–Kier alpha value is -3.85. The Morgan fingerprint density at radius 3 is 2.53 bits per heavy atom. The number of H-pyrrole nitrogens is 1. The molecule has 3 rings (SSSR count). The lowest BCUT2D eigenvalue weighted by molar-refractivity contribution is -0.127. The second-order valence-electron chi connectivity index (χ2n) is 6.61. The quantitative estimate of drug-likeness (QED) is 0.216. The van der Waals surface area contributed by atoms with Crippen LogP contribution in [-0.2, 0) is 27.4 Å². The third-order valence-electron chi connectivity index (χ3n) is 4.50. The minimum absolute atomic E-state index is 0.0731. The SMILES string of the molecule is NNC(=O)CNC(=O)[C@H](Cc1c[nH]c2ccccc12)NC(=O)OCc1ccccc1. The highest BCUT2D eigenvalue weighted by atomic mass is 16.5. The van der Waals surface area contributed by atoms with Crippen molar-refractivity contribution in [1.29, 1.82) is 0 Å². The van der Waals surface area contributed by atoms with Crippen LogP contribution in [0.1, 0.15) is 11.1 Å². The summed E-state index contributed by atoms with van der Waals surface area (Å²) in [5.41, 5.74) is 4.52. The molecule has 0 aliphatic heterocycles. The van der Waals surface area contributed by atoms with Crippen LogP contribution in [0.25, 0.3) is 10.9 Å². The molecule has 6 N–H and O–H groups in total. The molecule has 0 aliphatic rings. The number of para-hydroxylation sites is 1. The lowest BCUT2D eigenvalue weighted by Crippen LogP contribution is -2.50. The molecule has 156 valence electrons. The predicted octanol–water partition coefficient (Wildman–Crippen LogP) is 1.11. The number of nitrogens with two attached hydrogens (primary N) is 1. The van der Waals surface area contributed by atoms with E-state index in [1.54, 1.807) is 6.20 Å². The highest BCUT2D eigenvalue weighted by Crippen LogP contribution is 2.19. The molecule has 0 aliphatic carbocycles. The first-order valence-corrected chi connectivity index (χ1v) is 9.36. The van der Waals surface area contributed by atoms with E-state index in [0.29, 0.717) is 0 Å². The molecule has 3 aromatic rings. The van der Waals surface area contributed by atoms with Gasteiger partial charge in [0, 0.05) is 23.5 Å². The average Bonchev–Trinajstić information content (AvgIpc) is 3.19. The monoisotopic (exact) mass is 409 g/mol. The molecule has 2 aromatic carbocycles. The lowest BCUT2D eigenvalue weighted by atomic mass is 10.0. The lowest BCUT2D eigenvalue weighted by Gasteiger charge is -2.18. The molecule has 0 unspecified atom stereocenters. The number of benzene rings is 2. The second kappa shape index (κ2) is 10.1. The van der Waals surface area contributed by atoms with Crippen LogP contribution in [0, 0.1) is 0 Å². The molecule has 30 heavy (non-hydrogen) atoms. The maximum atomic E-state index is 12.6. The van der Waals surface area contributed by atoms with Gasteiger partial charge in [-0.1, -0.05) is 48.5 Å². The molecule has 1 aromatic heterocycles. The van der Waals surface area contributed by atoms with Gasteiger partial charge >= 0.3 is 6.09 Å². The van der Waals surface area contributed by atoms with Gasteiger partial charge in [-0.05, 0) is 17.2 Å². The van der Waals surface area contributed by atoms with Gasteiger partial charge in [-0.2, -0.15) is 0 Å². The van der Waals surface area contributed by atoms with Crippen molar-refractivity contribution in [2.45, 2.75) is 19.1 Å². The zero-order valence-electron chi connectivity index (χ0n) is 16.2. The van der Waals surface area contributed by atoms with Gasteiger partial charge in [-0.15, -0.1) is 0 Å². The van der Waals surface area contributed by atoms with Crippen molar-refractivity contribution < 1.29 is 19.1 Å². The van der Waals surface area contributed by atoms with Crippen molar-refractivity contribution in [2.75, 3.05) is 6.54 Å². The Bertz CT molecular complexity index is 1020. The fraction of sp³-hybridized carbons (Fsp3) is 0.190. The van der Waals surface area contributed by atoms with Gasteiger partial charge in [-0.3, -0.25) is 15.0 Å². The van der Waals surface area contributed by atoms with Crippen LogP contribution in [0.4, 0.5) is 4.79 Å². The van der Waals surface area contributed by atoms with E-state index in [0.717, 1.165) is 22.0 Å². The molecule has 1 atom stereocenters. The van der Waals surface area contributed by atoms with E-state index < -0.39 is 23.9 Å². The first-order chi connectivity index (χ1) is 14.6. The van der Waals surface area contributed by atoms with Crippen LogP contribution >= 0.6 is 0 Å². The summed E-state index contributed by atoms with van der Waals surface area (Å²) in [6.07, 6.45) is 1.26. The molecule has 0 saturated carbocycles. The summed E-state index contributed by atoms with van der Waals surface area (Å²) in [6, 6.07) is 15.9. The van der Waals surface area contributed by atoms with Crippen LogP contribution in [0.3, 0.4) is 0 Å². The van der Waals surface area contributed by atoms with Crippen LogP contribution in [0.15, 0.2) is 60.8 Å². The van der Waals surface area contributed by atoms with Gasteiger partial charge in [0.05, 0.1) is 6.54 Å². The molecular weight excluding hydrogens is 386 g/mol. The molecule has 3 amide bonds. The van der Waals surface area contributed by atoms with Crippen LogP contribution < -0.4 is 21.9 Å². The van der Waals surface area contributed by atoms with Gasteiger partial charge in [0.25, 0.3) is 5.91 Å². The van der Waals surface area contributed by atoms with Crippen molar-refractivity contribution in [2.24, 2.45) is 5.84 Å². The average molecular weight is 409 g/mol.